The van der Waals surface area contributed by atoms with Crippen LogP contribution in [0.1, 0.15) is 30.6 Å². The first-order valence-corrected chi connectivity index (χ1v) is 7.02. The molecule has 4 heteroatoms. The minimum atomic E-state index is -0.286. The molecule has 98 valence electrons. The highest BCUT2D eigenvalue weighted by Crippen LogP contribution is 2.30. The minimum absolute atomic E-state index is 0.0757. The van der Waals surface area contributed by atoms with Gasteiger partial charge in [0, 0.05) is 34.7 Å². The second-order valence-corrected chi connectivity index (χ2v) is 5.87. The lowest BCUT2D eigenvalue weighted by Gasteiger charge is -2.22. The largest absolute Gasteiger partial charge is 0.393 e. The predicted octanol–water partition coefficient (Wildman–Crippen LogP) is 2.86. The standard InChI is InChI=1S/C14H18BrNO2/c1-9(17)11-5-6-16(8-11)14-4-3-12(15)7-13(14)10(2)18/h3-4,7,9,11,17H,5-6,8H2,1-2H3. The fourth-order valence-corrected chi connectivity index (χ4v) is 2.83. The number of aliphatic hydroxyl groups is 1. The van der Waals surface area contributed by atoms with Crippen molar-refractivity contribution in [3.05, 3.63) is 28.2 Å². The maximum absolute atomic E-state index is 11.7. The number of hydrogen-bond donors (Lipinski definition) is 1. The number of carbonyl (C=O) groups is 1. The van der Waals surface area contributed by atoms with Crippen molar-refractivity contribution < 1.29 is 9.90 Å². The van der Waals surface area contributed by atoms with Gasteiger partial charge in [-0.15, -0.1) is 0 Å². The van der Waals surface area contributed by atoms with E-state index in [1.165, 1.54) is 0 Å². The topological polar surface area (TPSA) is 40.5 Å². The summed E-state index contributed by atoms with van der Waals surface area (Å²) in [6.07, 6.45) is 0.691. The van der Waals surface area contributed by atoms with Crippen LogP contribution in [0.4, 0.5) is 5.69 Å². The lowest BCUT2D eigenvalue weighted by atomic mass is 10.0. The molecular weight excluding hydrogens is 294 g/mol. The number of nitrogens with zero attached hydrogens (tertiary/aromatic N) is 1. The zero-order chi connectivity index (χ0) is 13.3. The number of halogens is 1. The molecule has 2 rings (SSSR count). The molecule has 0 radical (unpaired) electrons. The van der Waals surface area contributed by atoms with Crippen LogP contribution in [-0.4, -0.2) is 30.1 Å². The van der Waals surface area contributed by atoms with E-state index in [9.17, 15) is 9.90 Å². The van der Waals surface area contributed by atoms with Crippen molar-refractivity contribution in [2.45, 2.75) is 26.4 Å². The number of Topliss-reactive ketones (excluding diaryl/α,β-unsaturated/α-hetero) is 1. The molecule has 1 aliphatic rings. The summed E-state index contributed by atoms with van der Waals surface area (Å²) >= 11 is 3.40. The summed E-state index contributed by atoms with van der Waals surface area (Å²) in [5.41, 5.74) is 1.73. The van der Waals surface area contributed by atoms with Crippen LogP contribution in [-0.2, 0) is 0 Å². The van der Waals surface area contributed by atoms with Crippen LogP contribution in [0.5, 0.6) is 0 Å². The summed E-state index contributed by atoms with van der Waals surface area (Å²) in [6, 6.07) is 5.80. The number of carbonyl (C=O) groups excluding carboxylic acids is 1. The van der Waals surface area contributed by atoms with Gasteiger partial charge >= 0.3 is 0 Å². The van der Waals surface area contributed by atoms with Crippen molar-refractivity contribution >= 4 is 27.4 Å². The molecule has 1 aromatic rings. The van der Waals surface area contributed by atoms with Gasteiger partial charge in [0.2, 0.25) is 0 Å². The summed E-state index contributed by atoms with van der Waals surface area (Å²) in [5.74, 6) is 0.375. The van der Waals surface area contributed by atoms with Gasteiger partial charge in [-0.05, 0) is 38.5 Å². The first-order valence-electron chi connectivity index (χ1n) is 6.22. The Morgan fingerprint density at radius 1 is 1.56 bits per heavy atom. The third-order valence-electron chi connectivity index (χ3n) is 3.59. The van der Waals surface area contributed by atoms with E-state index in [1.54, 1.807) is 6.92 Å². The molecule has 0 aliphatic carbocycles. The van der Waals surface area contributed by atoms with E-state index < -0.39 is 0 Å². The van der Waals surface area contributed by atoms with Crippen molar-refractivity contribution in [3.8, 4) is 0 Å². The lowest BCUT2D eigenvalue weighted by molar-refractivity contribution is 0.101. The smallest absolute Gasteiger partial charge is 0.161 e. The van der Waals surface area contributed by atoms with Gasteiger partial charge in [0.25, 0.3) is 0 Å². The Morgan fingerprint density at radius 2 is 2.28 bits per heavy atom. The third kappa shape index (κ3) is 2.75. The Bertz CT molecular complexity index is 459. The fourth-order valence-electron chi connectivity index (χ4n) is 2.47. The molecule has 3 nitrogen and oxygen atoms in total. The second-order valence-electron chi connectivity index (χ2n) is 4.95. The third-order valence-corrected chi connectivity index (χ3v) is 4.08. The molecule has 0 amide bonds. The molecule has 2 unspecified atom stereocenters. The van der Waals surface area contributed by atoms with Gasteiger partial charge in [-0.1, -0.05) is 15.9 Å². The normalized spacial score (nSPS) is 21.1. The molecule has 1 aliphatic heterocycles. The highest BCUT2D eigenvalue weighted by Gasteiger charge is 2.27. The second kappa shape index (κ2) is 5.41. The monoisotopic (exact) mass is 311 g/mol. The molecule has 0 spiro atoms. The molecule has 0 bridgehead atoms. The van der Waals surface area contributed by atoms with Gasteiger partial charge in [-0.3, -0.25) is 4.79 Å². The van der Waals surface area contributed by atoms with Crippen molar-refractivity contribution in [2.24, 2.45) is 5.92 Å². The van der Waals surface area contributed by atoms with Gasteiger partial charge in [0.15, 0.2) is 5.78 Å². The number of aliphatic hydroxyl groups excluding tert-OH is 1. The van der Waals surface area contributed by atoms with Gasteiger partial charge in [0.05, 0.1) is 6.10 Å². The SMILES string of the molecule is CC(=O)c1cc(Br)ccc1N1CCC(C(C)O)C1. The maximum atomic E-state index is 11.7. The Morgan fingerprint density at radius 3 is 2.83 bits per heavy atom. The maximum Gasteiger partial charge on any atom is 0.161 e. The Labute approximate surface area is 116 Å². The number of hydrogen-bond acceptors (Lipinski definition) is 3. The Kier molecular flexibility index (Phi) is 4.07. The van der Waals surface area contributed by atoms with Crippen LogP contribution >= 0.6 is 15.9 Å². The molecule has 1 heterocycles. The van der Waals surface area contributed by atoms with Crippen LogP contribution in [0, 0.1) is 5.92 Å². The molecule has 1 N–H and O–H groups in total. The fraction of sp³-hybridized carbons (Fsp3) is 0.500. The molecular formula is C14H18BrNO2. The average Bonchev–Trinajstić information content (AvgIpc) is 2.78. The van der Waals surface area contributed by atoms with Crippen molar-refractivity contribution in [3.63, 3.8) is 0 Å². The van der Waals surface area contributed by atoms with E-state index in [4.69, 9.17) is 0 Å². The zero-order valence-corrected chi connectivity index (χ0v) is 12.3. The van der Waals surface area contributed by atoms with E-state index >= 15 is 0 Å². The van der Waals surface area contributed by atoms with Gasteiger partial charge in [-0.25, -0.2) is 0 Å². The van der Waals surface area contributed by atoms with Crippen molar-refractivity contribution in [1.29, 1.82) is 0 Å². The number of anilines is 1. The van der Waals surface area contributed by atoms with Crippen LogP contribution < -0.4 is 4.90 Å². The van der Waals surface area contributed by atoms with E-state index in [1.807, 2.05) is 25.1 Å². The highest BCUT2D eigenvalue weighted by molar-refractivity contribution is 9.10. The molecule has 2 atom stereocenters. The van der Waals surface area contributed by atoms with Gasteiger partial charge in [0.1, 0.15) is 0 Å². The molecule has 0 saturated carbocycles. The van der Waals surface area contributed by atoms with E-state index in [-0.39, 0.29) is 11.9 Å². The number of ketones is 1. The summed E-state index contributed by atoms with van der Waals surface area (Å²) in [6.45, 7) is 5.15. The van der Waals surface area contributed by atoms with Crippen LogP contribution in [0.15, 0.2) is 22.7 Å². The number of rotatable bonds is 3. The van der Waals surface area contributed by atoms with Crippen LogP contribution in [0.2, 0.25) is 0 Å². The minimum Gasteiger partial charge on any atom is -0.393 e. The van der Waals surface area contributed by atoms with Gasteiger partial charge in [-0.2, -0.15) is 0 Å². The molecule has 0 aromatic heterocycles. The molecule has 1 aromatic carbocycles. The van der Waals surface area contributed by atoms with E-state index in [0.717, 1.165) is 35.2 Å². The average molecular weight is 312 g/mol. The Hall–Kier alpha value is -0.870. The van der Waals surface area contributed by atoms with Crippen LogP contribution in [0.3, 0.4) is 0 Å². The summed E-state index contributed by atoms with van der Waals surface area (Å²) in [5, 5.41) is 9.64. The summed E-state index contributed by atoms with van der Waals surface area (Å²) in [4.78, 5) is 13.9. The van der Waals surface area contributed by atoms with Crippen molar-refractivity contribution in [2.75, 3.05) is 18.0 Å². The summed E-state index contributed by atoms with van der Waals surface area (Å²) in [7, 11) is 0. The summed E-state index contributed by atoms with van der Waals surface area (Å²) < 4.78 is 0.919. The predicted molar refractivity (Wildman–Crippen MR) is 76.1 cm³/mol. The zero-order valence-electron chi connectivity index (χ0n) is 10.7. The number of benzene rings is 1. The Balaban J connectivity index is 2.27. The molecule has 1 saturated heterocycles. The van der Waals surface area contributed by atoms with E-state index in [0.29, 0.717) is 5.92 Å². The quantitative estimate of drug-likeness (QED) is 0.873. The van der Waals surface area contributed by atoms with Gasteiger partial charge < -0.3 is 10.0 Å². The first-order chi connectivity index (χ1) is 8.49. The van der Waals surface area contributed by atoms with Crippen molar-refractivity contribution in [1.82, 2.24) is 0 Å². The highest BCUT2D eigenvalue weighted by atomic mass is 79.9. The first kappa shape index (κ1) is 13.6. The molecule has 1 fully saturated rings. The van der Waals surface area contributed by atoms with Crippen LogP contribution in [0.25, 0.3) is 0 Å². The molecule has 18 heavy (non-hydrogen) atoms. The lowest BCUT2D eigenvalue weighted by Crippen LogP contribution is -2.25. The van der Waals surface area contributed by atoms with E-state index in [2.05, 4.69) is 20.8 Å².